The van der Waals surface area contributed by atoms with Crippen LogP contribution in [0.5, 0.6) is 0 Å². The van der Waals surface area contributed by atoms with Crippen molar-refractivity contribution in [1.29, 1.82) is 0 Å². The van der Waals surface area contributed by atoms with Gasteiger partial charge in [0.1, 0.15) is 4.90 Å². The molecule has 9 heteroatoms. The second kappa shape index (κ2) is 7.24. The fraction of sp³-hybridized carbons (Fsp3) is 0.375. The molecule has 2 rings (SSSR count). The monoisotopic (exact) mass is 368 g/mol. The van der Waals surface area contributed by atoms with Crippen LogP contribution in [0.3, 0.4) is 0 Å². The van der Waals surface area contributed by atoms with Gasteiger partial charge >= 0.3 is 11.9 Å². The van der Waals surface area contributed by atoms with E-state index in [-0.39, 0.29) is 16.2 Å². The van der Waals surface area contributed by atoms with Crippen molar-refractivity contribution in [2.75, 3.05) is 11.9 Å². The van der Waals surface area contributed by atoms with Gasteiger partial charge in [-0.25, -0.2) is 22.7 Å². The third-order valence-corrected chi connectivity index (χ3v) is 4.73. The summed E-state index contributed by atoms with van der Waals surface area (Å²) in [4.78, 5) is 23.8. The van der Waals surface area contributed by atoms with Gasteiger partial charge in [0.15, 0.2) is 5.57 Å². The second-order valence-corrected chi connectivity index (χ2v) is 7.51. The number of carbonyl (C=O) groups excluding carboxylic acids is 2. The molecule has 0 aromatic heterocycles. The summed E-state index contributed by atoms with van der Waals surface area (Å²) < 4.78 is 37.1. The van der Waals surface area contributed by atoms with Crippen LogP contribution in [0.15, 0.2) is 40.9 Å². The van der Waals surface area contributed by atoms with E-state index >= 15 is 0 Å². The third kappa shape index (κ3) is 4.58. The highest BCUT2D eigenvalue weighted by Gasteiger charge is 2.39. The maximum atomic E-state index is 12.3. The number of hydrogen-bond acceptors (Lipinski definition) is 7. The topological polar surface area (TPSA) is 111 Å². The van der Waals surface area contributed by atoms with E-state index in [9.17, 15) is 18.0 Å². The van der Waals surface area contributed by atoms with Gasteiger partial charge < -0.3 is 14.8 Å². The Labute approximate surface area is 146 Å². The molecule has 0 radical (unpaired) electrons. The largest absolute Gasteiger partial charge is 0.419 e. The van der Waals surface area contributed by atoms with Crippen LogP contribution >= 0.6 is 0 Å². The Kier molecular flexibility index (Phi) is 5.48. The number of ether oxygens (including phenoxy) is 2. The Balaban J connectivity index is 2.27. The number of anilines is 1. The van der Waals surface area contributed by atoms with Crippen LogP contribution in [-0.2, 0) is 29.1 Å². The van der Waals surface area contributed by atoms with E-state index in [0.717, 1.165) is 6.20 Å². The highest BCUT2D eigenvalue weighted by atomic mass is 32.2. The first-order chi connectivity index (χ1) is 11.7. The number of hydrogen-bond donors (Lipinski definition) is 2. The normalized spacial score (nSPS) is 16.8. The summed E-state index contributed by atoms with van der Waals surface area (Å²) in [7, 11) is -3.73. The molecule has 1 aromatic carbocycles. The van der Waals surface area contributed by atoms with Gasteiger partial charge in [0, 0.05) is 26.6 Å². The van der Waals surface area contributed by atoms with E-state index in [1.165, 1.54) is 26.0 Å². The molecule has 0 spiro atoms. The van der Waals surface area contributed by atoms with E-state index in [1.54, 1.807) is 12.1 Å². The molecule has 0 aliphatic carbocycles. The first-order valence-electron chi connectivity index (χ1n) is 7.68. The van der Waals surface area contributed by atoms with Crippen molar-refractivity contribution in [3.05, 3.63) is 36.0 Å². The fourth-order valence-corrected chi connectivity index (χ4v) is 3.37. The molecule has 1 fully saturated rings. The number of benzene rings is 1. The summed E-state index contributed by atoms with van der Waals surface area (Å²) in [6.45, 7) is 5.02. The van der Waals surface area contributed by atoms with Crippen LogP contribution in [0.2, 0.25) is 0 Å². The van der Waals surface area contributed by atoms with Gasteiger partial charge in [-0.2, -0.15) is 0 Å². The molecule has 0 bridgehead atoms. The van der Waals surface area contributed by atoms with Crippen molar-refractivity contribution >= 4 is 27.6 Å². The van der Waals surface area contributed by atoms with Crippen molar-refractivity contribution in [1.82, 2.24) is 4.72 Å². The SMILES string of the molecule is CCCNS(=O)(=O)c1ccccc1NC=C1C(=O)OC(C)(C)OC1=O. The predicted molar refractivity (Wildman–Crippen MR) is 89.9 cm³/mol. The zero-order valence-corrected chi connectivity index (χ0v) is 15.0. The number of rotatable bonds is 6. The van der Waals surface area contributed by atoms with Gasteiger partial charge in [-0.15, -0.1) is 0 Å². The number of sulfonamides is 1. The van der Waals surface area contributed by atoms with Crippen molar-refractivity contribution in [3.63, 3.8) is 0 Å². The molecule has 136 valence electrons. The molecule has 1 aliphatic rings. The maximum absolute atomic E-state index is 12.3. The Bertz CT molecular complexity index is 792. The lowest BCUT2D eigenvalue weighted by Crippen LogP contribution is -2.42. The van der Waals surface area contributed by atoms with Gasteiger partial charge in [-0.05, 0) is 18.6 Å². The molecule has 1 aromatic rings. The van der Waals surface area contributed by atoms with Crippen molar-refractivity contribution < 1.29 is 27.5 Å². The number of cyclic esters (lactones) is 2. The van der Waals surface area contributed by atoms with Crippen LogP contribution in [0.25, 0.3) is 0 Å². The number of para-hydroxylation sites is 1. The third-order valence-electron chi connectivity index (χ3n) is 3.21. The molecule has 2 N–H and O–H groups in total. The minimum atomic E-state index is -3.73. The van der Waals surface area contributed by atoms with E-state index in [1.807, 2.05) is 6.92 Å². The lowest BCUT2D eigenvalue weighted by atomic mass is 10.2. The van der Waals surface area contributed by atoms with E-state index in [0.29, 0.717) is 13.0 Å². The average molecular weight is 368 g/mol. The van der Waals surface area contributed by atoms with Gasteiger partial charge in [0.05, 0.1) is 5.69 Å². The first kappa shape index (κ1) is 18.9. The Morgan fingerprint density at radius 3 is 2.32 bits per heavy atom. The summed E-state index contributed by atoms with van der Waals surface area (Å²) in [5.41, 5.74) is -0.142. The smallest absolute Gasteiger partial charge is 0.350 e. The molecule has 1 heterocycles. The van der Waals surface area contributed by atoms with E-state index in [4.69, 9.17) is 9.47 Å². The predicted octanol–water partition coefficient (Wildman–Crippen LogP) is 1.51. The van der Waals surface area contributed by atoms with Crippen molar-refractivity contribution in [3.8, 4) is 0 Å². The molecule has 8 nitrogen and oxygen atoms in total. The van der Waals surface area contributed by atoms with Crippen LogP contribution in [-0.4, -0.2) is 32.7 Å². The second-order valence-electron chi connectivity index (χ2n) is 5.78. The molecular formula is C16H20N2O6S. The van der Waals surface area contributed by atoms with E-state index in [2.05, 4.69) is 10.0 Å². The Hall–Kier alpha value is -2.39. The van der Waals surface area contributed by atoms with Crippen LogP contribution in [0, 0.1) is 0 Å². The number of esters is 2. The lowest BCUT2D eigenvalue weighted by molar-refractivity contribution is -0.222. The molecule has 0 unspecified atom stereocenters. The summed E-state index contributed by atoms with van der Waals surface area (Å²) in [5.74, 6) is -3.03. The summed E-state index contributed by atoms with van der Waals surface area (Å²) in [6.07, 6.45) is 1.72. The summed E-state index contributed by atoms with van der Waals surface area (Å²) in [6, 6.07) is 6.13. The Morgan fingerprint density at radius 2 is 1.72 bits per heavy atom. The zero-order chi connectivity index (χ0) is 18.7. The summed E-state index contributed by atoms with van der Waals surface area (Å²) in [5, 5.41) is 2.67. The van der Waals surface area contributed by atoms with Crippen molar-refractivity contribution in [2.24, 2.45) is 0 Å². The number of nitrogens with one attached hydrogen (secondary N) is 2. The zero-order valence-electron chi connectivity index (χ0n) is 14.2. The minimum Gasteiger partial charge on any atom is -0.419 e. The average Bonchev–Trinajstić information content (AvgIpc) is 2.51. The molecule has 0 saturated carbocycles. The molecule has 0 atom stereocenters. The quantitative estimate of drug-likeness (QED) is 0.445. The molecule has 1 saturated heterocycles. The van der Waals surface area contributed by atoms with Gasteiger partial charge in [0.2, 0.25) is 10.0 Å². The number of carbonyl (C=O) groups is 2. The highest BCUT2D eigenvalue weighted by Crippen LogP contribution is 2.24. The maximum Gasteiger partial charge on any atom is 0.350 e. The van der Waals surface area contributed by atoms with Crippen LogP contribution in [0.4, 0.5) is 5.69 Å². The molecule has 1 aliphatic heterocycles. The van der Waals surface area contributed by atoms with Crippen LogP contribution < -0.4 is 10.0 Å². The van der Waals surface area contributed by atoms with Gasteiger partial charge in [-0.1, -0.05) is 19.1 Å². The molecule has 25 heavy (non-hydrogen) atoms. The van der Waals surface area contributed by atoms with E-state index < -0.39 is 27.7 Å². The lowest BCUT2D eigenvalue weighted by Gasteiger charge is -2.29. The van der Waals surface area contributed by atoms with Gasteiger partial charge in [-0.3, -0.25) is 0 Å². The molecular weight excluding hydrogens is 348 g/mol. The molecule has 0 amide bonds. The first-order valence-corrected chi connectivity index (χ1v) is 9.16. The standard InChI is InChI=1S/C16H20N2O6S/c1-4-9-18-25(21,22)13-8-6-5-7-12(13)17-10-11-14(19)23-16(2,3)24-15(11)20/h5-8,10,17-18H,4,9H2,1-3H3. The Morgan fingerprint density at radius 1 is 1.12 bits per heavy atom. The summed E-state index contributed by atoms with van der Waals surface area (Å²) >= 11 is 0. The highest BCUT2D eigenvalue weighted by molar-refractivity contribution is 7.89. The van der Waals surface area contributed by atoms with Crippen molar-refractivity contribution in [2.45, 2.75) is 37.9 Å². The van der Waals surface area contributed by atoms with Gasteiger partial charge in [0.25, 0.3) is 5.79 Å². The van der Waals surface area contributed by atoms with Crippen LogP contribution in [0.1, 0.15) is 27.2 Å². The fourth-order valence-electron chi connectivity index (χ4n) is 2.06. The minimum absolute atomic E-state index is 0.00169.